The molecule has 1 amide bonds. The van der Waals surface area contributed by atoms with Crippen LogP contribution in [0.15, 0.2) is 63.7 Å². The summed E-state index contributed by atoms with van der Waals surface area (Å²) < 4.78 is 48.5. The van der Waals surface area contributed by atoms with E-state index in [1.807, 2.05) is 0 Å². The van der Waals surface area contributed by atoms with Crippen LogP contribution in [0.4, 0.5) is 13.2 Å². The smallest absolute Gasteiger partial charge is 0.416 e. The van der Waals surface area contributed by atoms with E-state index in [0.29, 0.717) is 27.9 Å². The van der Waals surface area contributed by atoms with E-state index in [-0.39, 0.29) is 18.3 Å². The fraction of sp³-hybridized carbons (Fsp3) is 0.150. The predicted octanol–water partition coefficient (Wildman–Crippen LogP) is 4.77. The molecule has 0 fully saturated rings. The maximum absolute atomic E-state index is 12.7. The third kappa shape index (κ3) is 3.84. The highest BCUT2D eigenvalue weighted by atomic mass is 19.4. The Kier molecular flexibility index (Phi) is 4.57. The second kappa shape index (κ2) is 7.08. The van der Waals surface area contributed by atoms with E-state index in [2.05, 4.69) is 10.1 Å². The zero-order valence-electron chi connectivity index (χ0n) is 15.1. The van der Waals surface area contributed by atoms with Crippen LogP contribution in [0.3, 0.4) is 0 Å². The van der Waals surface area contributed by atoms with Crippen LogP contribution in [0.5, 0.6) is 0 Å². The SMILES string of the molecule is CN(Cc1ccon1)C(=O)c1ccc2oc(-c3ccc(C(F)(F)F)cc3)nc2c1. The Bertz CT molecular complexity index is 1150. The number of rotatable bonds is 4. The molecule has 9 heteroatoms. The van der Waals surface area contributed by atoms with Gasteiger partial charge in [0.25, 0.3) is 5.91 Å². The summed E-state index contributed by atoms with van der Waals surface area (Å²) in [7, 11) is 1.64. The molecule has 148 valence electrons. The van der Waals surface area contributed by atoms with Crippen LogP contribution in [-0.4, -0.2) is 28.0 Å². The zero-order valence-corrected chi connectivity index (χ0v) is 15.1. The van der Waals surface area contributed by atoms with Crippen molar-refractivity contribution < 1.29 is 26.9 Å². The molecule has 0 unspecified atom stereocenters. The Morgan fingerprint density at radius 2 is 1.86 bits per heavy atom. The number of carbonyl (C=O) groups excluding carboxylic acids is 1. The number of carbonyl (C=O) groups is 1. The minimum Gasteiger partial charge on any atom is -0.436 e. The molecule has 2 heterocycles. The van der Waals surface area contributed by atoms with Crippen molar-refractivity contribution in [2.45, 2.75) is 12.7 Å². The van der Waals surface area contributed by atoms with Gasteiger partial charge < -0.3 is 13.8 Å². The Morgan fingerprint density at radius 1 is 1.10 bits per heavy atom. The summed E-state index contributed by atoms with van der Waals surface area (Å²) in [4.78, 5) is 18.4. The first-order chi connectivity index (χ1) is 13.8. The number of hydrogen-bond donors (Lipinski definition) is 0. The fourth-order valence-electron chi connectivity index (χ4n) is 2.84. The Morgan fingerprint density at radius 3 is 2.52 bits per heavy atom. The summed E-state index contributed by atoms with van der Waals surface area (Å²) in [5.41, 5.74) is 1.53. The van der Waals surface area contributed by atoms with Gasteiger partial charge in [-0.25, -0.2) is 4.98 Å². The van der Waals surface area contributed by atoms with Crippen molar-refractivity contribution in [3.8, 4) is 11.5 Å². The number of aromatic nitrogens is 2. The standard InChI is InChI=1S/C20H14F3N3O3/c1-26(11-15-8-9-28-25-15)19(27)13-4-7-17-16(10-13)24-18(29-17)12-2-5-14(6-3-12)20(21,22)23/h2-10H,11H2,1H3. The molecule has 0 radical (unpaired) electrons. The molecule has 0 N–H and O–H groups in total. The van der Waals surface area contributed by atoms with Crippen LogP contribution in [-0.2, 0) is 12.7 Å². The molecule has 29 heavy (non-hydrogen) atoms. The van der Waals surface area contributed by atoms with Crippen molar-refractivity contribution in [1.82, 2.24) is 15.0 Å². The first-order valence-electron chi connectivity index (χ1n) is 8.54. The number of oxazole rings is 1. The van der Waals surface area contributed by atoms with E-state index in [1.54, 1.807) is 31.3 Å². The van der Waals surface area contributed by atoms with Gasteiger partial charge in [-0.05, 0) is 42.5 Å². The second-order valence-electron chi connectivity index (χ2n) is 6.43. The summed E-state index contributed by atoms with van der Waals surface area (Å²) in [6, 6.07) is 11.0. The highest BCUT2D eigenvalue weighted by Gasteiger charge is 2.30. The van der Waals surface area contributed by atoms with Gasteiger partial charge in [-0.3, -0.25) is 4.79 Å². The summed E-state index contributed by atoms with van der Waals surface area (Å²) in [6.07, 6.45) is -2.98. The Balaban J connectivity index is 1.58. The molecule has 0 aliphatic carbocycles. The molecule has 0 saturated carbocycles. The number of halogens is 3. The average molecular weight is 401 g/mol. The van der Waals surface area contributed by atoms with E-state index in [4.69, 9.17) is 8.94 Å². The summed E-state index contributed by atoms with van der Waals surface area (Å²) >= 11 is 0. The molecule has 0 saturated heterocycles. The van der Waals surface area contributed by atoms with Crippen molar-refractivity contribution in [1.29, 1.82) is 0 Å². The zero-order chi connectivity index (χ0) is 20.6. The normalized spacial score (nSPS) is 11.7. The van der Waals surface area contributed by atoms with Crippen LogP contribution in [0, 0.1) is 0 Å². The molecule has 6 nitrogen and oxygen atoms in total. The van der Waals surface area contributed by atoms with Crippen molar-refractivity contribution in [3.05, 3.63) is 71.6 Å². The lowest BCUT2D eigenvalue weighted by Crippen LogP contribution is -2.26. The van der Waals surface area contributed by atoms with Crippen molar-refractivity contribution in [3.63, 3.8) is 0 Å². The fourth-order valence-corrected chi connectivity index (χ4v) is 2.84. The van der Waals surface area contributed by atoms with E-state index in [0.717, 1.165) is 12.1 Å². The van der Waals surface area contributed by atoms with Gasteiger partial charge in [-0.2, -0.15) is 13.2 Å². The molecule has 2 aromatic carbocycles. The van der Waals surface area contributed by atoms with Gasteiger partial charge in [0, 0.05) is 24.2 Å². The minimum atomic E-state index is -4.41. The number of amides is 1. The van der Waals surface area contributed by atoms with Gasteiger partial charge in [-0.15, -0.1) is 0 Å². The third-order valence-corrected chi connectivity index (χ3v) is 4.33. The summed E-state index contributed by atoms with van der Waals surface area (Å²) in [5, 5.41) is 3.77. The molecule has 0 aliphatic heterocycles. The molecule has 0 atom stereocenters. The van der Waals surface area contributed by atoms with E-state index in [1.165, 1.54) is 23.3 Å². The summed E-state index contributed by atoms with van der Waals surface area (Å²) in [5.74, 6) is -0.0664. The largest absolute Gasteiger partial charge is 0.436 e. The molecular formula is C20H14F3N3O3. The van der Waals surface area contributed by atoms with E-state index >= 15 is 0 Å². The predicted molar refractivity (Wildman–Crippen MR) is 96.7 cm³/mol. The van der Waals surface area contributed by atoms with Gasteiger partial charge in [0.1, 0.15) is 17.5 Å². The van der Waals surface area contributed by atoms with Crippen LogP contribution in [0.2, 0.25) is 0 Å². The highest BCUT2D eigenvalue weighted by molar-refractivity contribution is 5.97. The van der Waals surface area contributed by atoms with Crippen LogP contribution in [0.1, 0.15) is 21.6 Å². The van der Waals surface area contributed by atoms with Crippen LogP contribution >= 0.6 is 0 Å². The molecule has 0 aliphatic rings. The van der Waals surface area contributed by atoms with E-state index in [9.17, 15) is 18.0 Å². The Hall–Kier alpha value is -3.62. The second-order valence-corrected chi connectivity index (χ2v) is 6.43. The first kappa shape index (κ1) is 18.7. The number of hydrogen-bond acceptors (Lipinski definition) is 5. The van der Waals surface area contributed by atoms with Crippen molar-refractivity contribution >= 4 is 17.0 Å². The van der Waals surface area contributed by atoms with Gasteiger partial charge in [0.2, 0.25) is 5.89 Å². The molecule has 0 spiro atoms. The maximum atomic E-state index is 12.7. The van der Waals surface area contributed by atoms with Gasteiger partial charge >= 0.3 is 6.18 Å². The van der Waals surface area contributed by atoms with Gasteiger partial charge in [0.05, 0.1) is 12.1 Å². The third-order valence-electron chi connectivity index (χ3n) is 4.33. The van der Waals surface area contributed by atoms with Crippen LogP contribution in [0.25, 0.3) is 22.6 Å². The quantitative estimate of drug-likeness (QED) is 0.492. The van der Waals surface area contributed by atoms with Gasteiger partial charge in [-0.1, -0.05) is 5.16 Å². The maximum Gasteiger partial charge on any atom is 0.416 e. The lowest BCUT2D eigenvalue weighted by Gasteiger charge is -2.15. The Labute approximate surface area is 162 Å². The van der Waals surface area contributed by atoms with Crippen molar-refractivity contribution in [2.24, 2.45) is 0 Å². The van der Waals surface area contributed by atoms with Gasteiger partial charge in [0.15, 0.2) is 5.58 Å². The number of fused-ring (bicyclic) bond motifs is 1. The molecule has 2 aromatic heterocycles. The minimum absolute atomic E-state index is 0.175. The molecular weight excluding hydrogens is 387 g/mol. The topological polar surface area (TPSA) is 72.4 Å². The summed E-state index contributed by atoms with van der Waals surface area (Å²) in [6.45, 7) is 0.281. The van der Waals surface area contributed by atoms with E-state index < -0.39 is 11.7 Å². The molecule has 4 aromatic rings. The lowest BCUT2D eigenvalue weighted by molar-refractivity contribution is -0.137. The lowest BCUT2D eigenvalue weighted by atomic mass is 10.1. The number of benzene rings is 2. The van der Waals surface area contributed by atoms with Crippen LogP contribution < -0.4 is 0 Å². The first-order valence-corrected chi connectivity index (χ1v) is 8.54. The highest BCUT2D eigenvalue weighted by Crippen LogP contribution is 2.31. The number of nitrogens with zero attached hydrogens (tertiary/aromatic N) is 3. The number of alkyl halides is 3. The van der Waals surface area contributed by atoms with Crippen molar-refractivity contribution in [2.75, 3.05) is 7.05 Å². The molecule has 4 rings (SSSR count). The average Bonchev–Trinajstić information content (AvgIpc) is 3.35. The monoisotopic (exact) mass is 401 g/mol. The molecule has 0 bridgehead atoms.